The molecule has 7 heteroatoms. The highest BCUT2D eigenvalue weighted by Crippen LogP contribution is 2.25. The molecule has 0 saturated carbocycles. The number of fused-ring (bicyclic) bond motifs is 1. The van der Waals surface area contributed by atoms with Crippen LogP contribution in [0, 0.1) is 0 Å². The summed E-state index contributed by atoms with van der Waals surface area (Å²) in [5.41, 5.74) is 5.12. The number of rotatable bonds is 7. The lowest BCUT2D eigenvalue weighted by molar-refractivity contribution is -0.120. The third kappa shape index (κ3) is 4.51. The molecule has 32 heavy (non-hydrogen) atoms. The Morgan fingerprint density at radius 2 is 1.88 bits per heavy atom. The number of hydrogen-bond donors (Lipinski definition) is 1. The number of aromatic nitrogens is 3. The van der Waals surface area contributed by atoms with E-state index < -0.39 is 0 Å². The van der Waals surface area contributed by atoms with Gasteiger partial charge in [0.2, 0.25) is 11.8 Å². The molecule has 4 aromatic rings. The summed E-state index contributed by atoms with van der Waals surface area (Å²) in [6.07, 6.45) is 3.79. The van der Waals surface area contributed by atoms with Gasteiger partial charge in [-0.25, -0.2) is 9.50 Å². The second kappa shape index (κ2) is 9.43. The first kappa shape index (κ1) is 21.2. The maximum Gasteiger partial charge on any atom is 0.224 e. The summed E-state index contributed by atoms with van der Waals surface area (Å²) in [5, 5.41) is 7.46. The van der Waals surface area contributed by atoms with Gasteiger partial charge in [0, 0.05) is 43.0 Å². The summed E-state index contributed by atoms with van der Waals surface area (Å²) in [5.74, 6) is -0.0551. The molecule has 1 N–H and O–H groups in total. The molecule has 2 heterocycles. The number of amides is 2. The Bertz CT molecular complexity index is 1250. The van der Waals surface area contributed by atoms with Gasteiger partial charge in [0.15, 0.2) is 5.65 Å². The van der Waals surface area contributed by atoms with Crippen LogP contribution in [0.2, 0.25) is 0 Å². The summed E-state index contributed by atoms with van der Waals surface area (Å²) < 4.78 is 1.77. The van der Waals surface area contributed by atoms with Gasteiger partial charge in [-0.1, -0.05) is 42.5 Å². The van der Waals surface area contributed by atoms with Gasteiger partial charge in [0.1, 0.15) is 0 Å². The van der Waals surface area contributed by atoms with Crippen LogP contribution in [0.5, 0.6) is 0 Å². The van der Waals surface area contributed by atoms with Crippen LogP contribution in [0.1, 0.15) is 25.0 Å². The molecule has 0 spiro atoms. The van der Waals surface area contributed by atoms with Gasteiger partial charge >= 0.3 is 0 Å². The van der Waals surface area contributed by atoms with E-state index >= 15 is 0 Å². The molecule has 7 nitrogen and oxygen atoms in total. The maximum atomic E-state index is 12.3. The van der Waals surface area contributed by atoms with Crippen molar-refractivity contribution in [3.63, 3.8) is 0 Å². The summed E-state index contributed by atoms with van der Waals surface area (Å²) >= 11 is 0. The van der Waals surface area contributed by atoms with E-state index in [9.17, 15) is 9.59 Å². The zero-order valence-electron chi connectivity index (χ0n) is 18.2. The highest BCUT2D eigenvalue weighted by atomic mass is 16.2. The molecule has 2 aromatic heterocycles. The molecule has 2 amide bonds. The molecular weight excluding hydrogens is 402 g/mol. The average molecular weight is 428 g/mol. The second-order valence-corrected chi connectivity index (χ2v) is 7.49. The van der Waals surface area contributed by atoms with Crippen molar-refractivity contribution >= 4 is 23.1 Å². The van der Waals surface area contributed by atoms with Gasteiger partial charge in [-0.05, 0) is 30.7 Å². The summed E-state index contributed by atoms with van der Waals surface area (Å²) in [6, 6.07) is 19.3. The standard InChI is InChI=1S/C25H25N5O2/c1-3-29(18(2)31)22-11-7-10-20(15-22)23-12-13-26-25-21(17-28-30(23)25)16-27-24(32)14-19-8-5-4-6-9-19/h4-13,15,17H,3,14,16H2,1-2H3,(H,27,32). The predicted molar refractivity (Wildman–Crippen MR) is 124 cm³/mol. The molecule has 4 rings (SSSR count). The topological polar surface area (TPSA) is 79.6 Å². The monoisotopic (exact) mass is 427 g/mol. The molecule has 0 saturated heterocycles. The third-order valence-electron chi connectivity index (χ3n) is 5.31. The highest BCUT2D eigenvalue weighted by Gasteiger charge is 2.14. The number of nitrogens with zero attached hydrogens (tertiary/aromatic N) is 4. The lowest BCUT2D eigenvalue weighted by Crippen LogP contribution is -2.27. The van der Waals surface area contributed by atoms with Gasteiger partial charge in [-0.3, -0.25) is 9.59 Å². The second-order valence-electron chi connectivity index (χ2n) is 7.49. The fourth-order valence-electron chi connectivity index (χ4n) is 3.74. The van der Waals surface area contributed by atoms with E-state index in [1.807, 2.05) is 67.6 Å². The van der Waals surface area contributed by atoms with E-state index in [4.69, 9.17) is 0 Å². The van der Waals surface area contributed by atoms with E-state index in [1.54, 1.807) is 28.7 Å². The molecule has 0 bridgehead atoms. The number of anilines is 1. The molecule has 2 aromatic carbocycles. The largest absolute Gasteiger partial charge is 0.352 e. The van der Waals surface area contributed by atoms with E-state index in [0.717, 1.165) is 28.1 Å². The van der Waals surface area contributed by atoms with Crippen LogP contribution < -0.4 is 10.2 Å². The molecule has 0 unspecified atom stereocenters. The normalized spacial score (nSPS) is 10.8. The van der Waals surface area contributed by atoms with Gasteiger partial charge in [-0.15, -0.1) is 0 Å². The van der Waals surface area contributed by atoms with Crippen LogP contribution in [0.3, 0.4) is 0 Å². The Balaban J connectivity index is 1.56. The van der Waals surface area contributed by atoms with Crippen molar-refractivity contribution in [1.29, 1.82) is 0 Å². The van der Waals surface area contributed by atoms with Crippen molar-refractivity contribution in [2.45, 2.75) is 26.8 Å². The van der Waals surface area contributed by atoms with Crippen molar-refractivity contribution < 1.29 is 9.59 Å². The number of nitrogens with one attached hydrogen (secondary N) is 1. The lowest BCUT2D eigenvalue weighted by Gasteiger charge is -2.19. The smallest absolute Gasteiger partial charge is 0.224 e. The highest BCUT2D eigenvalue weighted by molar-refractivity contribution is 5.92. The van der Waals surface area contributed by atoms with Gasteiger partial charge in [0.25, 0.3) is 0 Å². The molecule has 0 aliphatic rings. The van der Waals surface area contributed by atoms with E-state index in [0.29, 0.717) is 25.2 Å². The van der Waals surface area contributed by atoms with Crippen molar-refractivity contribution in [2.24, 2.45) is 0 Å². The molecule has 0 atom stereocenters. The molecule has 162 valence electrons. The first-order valence-corrected chi connectivity index (χ1v) is 10.6. The molecule has 0 radical (unpaired) electrons. The Kier molecular flexibility index (Phi) is 6.26. The van der Waals surface area contributed by atoms with E-state index in [1.165, 1.54) is 0 Å². The minimum Gasteiger partial charge on any atom is -0.352 e. The van der Waals surface area contributed by atoms with Gasteiger partial charge < -0.3 is 10.2 Å². The van der Waals surface area contributed by atoms with Crippen LogP contribution in [0.25, 0.3) is 16.9 Å². The third-order valence-corrected chi connectivity index (χ3v) is 5.31. The van der Waals surface area contributed by atoms with Crippen molar-refractivity contribution in [3.8, 4) is 11.3 Å². The first-order valence-electron chi connectivity index (χ1n) is 10.6. The zero-order chi connectivity index (χ0) is 22.5. The van der Waals surface area contributed by atoms with Crippen LogP contribution in [-0.4, -0.2) is 33.0 Å². The first-order chi connectivity index (χ1) is 15.6. The average Bonchev–Trinajstić information content (AvgIpc) is 3.22. The summed E-state index contributed by atoms with van der Waals surface area (Å²) in [4.78, 5) is 30.5. The zero-order valence-corrected chi connectivity index (χ0v) is 18.2. The van der Waals surface area contributed by atoms with Gasteiger partial charge in [-0.2, -0.15) is 5.10 Å². The minimum atomic E-state index is -0.0525. The van der Waals surface area contributed by atoms with Crippen molar-refractivity contribution in [2.75, 3.05) is 11.4 Å². The quantitative estimate of drug-likeness (QED) is 0.488. The van der Waals surface area contributed by atoms with Crippen LogP contribution in [0.4, 0.5) is 5.69 Å². The van der Waals surface area contributed by atoms with Crippen LogP contribution in [0.15, 0.2) is 73.1 Å². The fourth-order valence-corrected chi connectivity index (χ4v) is 3.74. The Hall–Kier alpha value is -4.00. The minimum absolute atomic E-state index is 0.00264. The molecule has 0 aliphatic heterocycles. The van der Waals surface area contributed by atoms with Gasteiger partial charge in [0.05, 0.1) is 18.3 Å². The molecule has 0 aliphatic carbocycles. The number of carbonyl (C=O) groups is 2. The molecular formula is C25H25N5O2. The Morgan fingerprint density at radius 1 is 1.06 bits per heavy atom. The Labute approximate surface area is 186 Å². The fraction of sp³-hybridized carbons (Fsp3) is 0.200. The van der Waals surface area contributed by atoms with Crippen LogP contribution >= 0.6 is 0 Å². The predicted octanol–water partition coefficient (Wildman–Crippen LogP) is 3.63. The summed E-state index contributed by atoms with van der Waals surface area (Å²) in [6.45, 7) is 4.45. The Morgan fingerprint density at radius 3 is 2.62 bits per heavy atom. The number of hydrogen-bond acceptors (Lipinski definition) is 4. The SMILES string of the molecule is CCN(C(C)=O)c1cccc(-c2ccnc3c(CNC(=O)Cc4ccccc4)cnn23)c1. The van der Waals surface area contributed by atoms with Crippen LogP contribution in [-0.2, 0) is 22.6 Å². The molecule has 0 fully saturated rings. The summed E-state index contributed by atoms with van der Waals surface area (Å²) in [7, 11) is 0. The van der Waals surface area contributed by atoms with E-state index in [2.05, 4.69) is 15.4 Å². The van der Waals surface area contributed by atoms with E-state index in [-0.39, 0.29) is 11.8 Å². The lowest BCUT2D eigenvalue weighted by atomic mass is 10.1. The van der Waals surface area contributed by atoms with Crippen molar-refractivity contribution in [3.05, 3.63) is 84.2 Å². The number of carbonyl (C=O) groups excluding carboxylic acids is 2. The maximum absolute atomic E-state index is 12.3. The van der Waals surface area contributed by atoms with Crippen molar-refractivity contribution in [1.82, 2.24) is 19.9 Å². The number of benzene rings is 2.